The highest BCUT2D eigenvalue weighted by Crippen LogP contribution is 2.23. The van der Waals surface area contributed by atoms with E-state index in [9.17, 15) is 48.6 Å². The van der Waals surface area contributed by atoms with Crippen LogP contribution in [0.3, 0.4) is 0 Å². The van der Waals surface area contributed by atoms with Crippen LogP contribution in [0.4, 0.5) is 11.6 Å². The monoisotopic (exact) mass is 944 g/mol. The number of carboxylic acid groups (broad SMARTS) is 2. The fourth-order valence-electron chi connectivity index (χ4n) is 6.69. The minimum atomic E-state index is -1.39. The Hall–Kier alpha value is -6.45. The molecule has 18 nitrogen and oxygen atoms in total. The lowest BCUT2D eigenvalue weighted by atomic mass is 10.1. The van der Waals surface area contributed by atoms with Gasteiger partial charge in [-0.15, -0.1) is 34.9 Å². The number of carbonyl (C=O) groups excluding carboxylic acids is 4. The van der Waals surface area contributed by atoms with Crippen LogP contribution < -0.4 is 26.7 Å². The summed E-state index contributed by atoms with van der Waals surface area (Å²) in [5.74, 6) is -5.09. The molecule has 3 aromatic heterocycles. The molecule has 4 atom stereocenters. The van der Waals surface area contributed by atoms with Gasteiger partial charge in [-0.25, -0.2) is 15.0 Å². The second kappa shape index (κ2) is 24.6. The van der Waals surface area contributed by atoms with Crippen molar-refractivity contribution in [1.82, 2.24) is 34.7 Å². The van der Waals surface area contributed by atoms with E-state index < -0.39 is 83.4 Å². The first-order valence-electron chi connectivity index (χ1n) is 20.4. The average molecular weight is 945 g/mol. The summed E-state index contributed by atoms with van der Waals surface area (Å²) in [4.78, 5) is 121. The molecule has 0 aliphatic heterocycles. The molecule has 4 N–H and O–H groups in total. The maximum Gasteiger partial charge on any atom is 0.305 e. The third-order valence-corrected chi connectivity index (χ3v) is 12.7. The van der Waals surface area contributed by atoms with Gasteiger partial charge in [0.15, 0.2) is 11.6 Å². The van der Waals surface area contributed by atoms with Gasteiger partial charge in [-0.3, -0.25) is 52.4 Å². The van der Waals surface area contributed by atoms with E-state index in [0.29, 0.717) is 16.5 Å². The molecule has 65 heavy (non-hydrogen) atoms. The summed E-state index contributed by atoms with van der Waals surface area (Å²) in [5.41, 5.74) is 0.248. The summed E-state index contributed by atoms with van der Waals surface area (Å²) in [5, 5.41) is 26.4. The Bertz CT molecular complexity index is 2380. The maximum absolute atomic E-state index is 14.4. The van der Waals surface area contributed by atoms with Crippen molar-refractivity contribution in [2.45, 2.75) is 81.7 Å². The van der Waals surface area contributed by atoms with E-state index in [-0.39, 0.29) is 42.5 Å². The van der Waals surface area contributed by atoms with Crippen LogP contribution in [0.1, 0.15) is 67.7 Å². The number of nitrogens with zero attached hydrogens (tertiary/aromatic N) is 6. The number of thiazole rings is 1. The molecule has 0 spiro atoms. The number of benzene rings is 2. The standard InChI is InChI=1S/C44H48N8O10S3/c1-3-32(41(59)48-30(21-37(55)56)34(53)26-63-24-28-11-7-5-8-12-28)50-18-15-46-39(43(50)61)52(23-36-45-17-20-65-36)40-44(62)51(19-16-47-40)33(4-2)42(60)49-31(22-38(57)58)35(54)27-64-25-29-13-9-6-10-14-29/h5-20,30-33H,3-4,21-27H2,1-2H3,(H,48,59)(H,49,60)(H,55,56)(H,57,58). The number of Topliss-reactive ketones (excluding diaryl/α,β-unsaturated/α-hetero) is 2. The molecule has 0 aliphatic carbocycles. The number of hydrogen-bond donors (Lipinski definition) is 4. The van der Waals surface area contributed by atoms with E-state index in [1.54, 1.807) is 19.2 Å². The number of carboxylic acids is 2. The van der Waals surface area contributed by atoms with Crippen molar-refractivity contribution in [3.05, 3.63) is 134 Å². The van der Waals surface area contributed by atoms with Gasteiger partial charge in [0, 0.05) is 47.9 Å². The van der Waals surface area contributed by atoms with Crippen molar-refractivity contribution in [3.63, 3.8) is 0 Å². The van der Waals surface area contributed by atoms with Gasteiger partial charge in [-0.05, 0) is 24.0 Å². The maximum atomic E-state index is 14.4. The Morgan fingerprint density at radius 3 is 1.46 bits per heavy atom. The lowest BCUT2D eigenvalue weighted by Gasteiger charge is -2.26. The number of aliphatic carboxylic acids is 2. The molecule has 5 aromatic rings. The summed E-state index contributed by atoms with van der Waals surface area (Å²) >= 11 is 3.75. The Kier molecular flexibility index (Phi) is 18.7. The van der Waals surface area contributed by atoms with Crippen molar-refractivity contribution in [2.75, 3.05) is 16.4 Å². The zero-order valence-corrected chi connectivity index (χ0v) is 37.9. The predicted molar refractivity (Wildman–Crippen MR) is 247 cm³/mol. The van der Waals surface area contributed by atoms with Gasteiger partial charge in [0.05, 0.1) is 43.0 Å². The Morgan fingerprint density at radius 2 is 1.09 bits per heavy atom. The van der Waals surface area contributed by atoms with Crippen LogP contribution in [-0.4, -0.2) is 93.2 Å². The number of nitrogens with one attached hydrogen (secondary N) is 2. The van der Waals surface area contributed by atoms with Gasteiger partial charge in [-0.1, -0.05) is 74.5 Å². The van der Waals surface area contributed by atoms with Crippen molar-refractivity contribution in [2.24, 2.45) is 0 Å². The summed E-state index contributed by atoms with van der Waals surface area (Å²) in [6.07, 6.45) is 5.20. The molecule has 0 saturated heterocycles. The van der Waals surface area contributed by atoms with E-state index in [2.05, 4.69) is 25.6 Å². The topological polar surface area (TPSA) is 253 Å². The third kappa shape index (κ3) is 14.0. The van der Waals surface area contributed by atoms with Crippen LogP contribution >= 0.6 is 34.9 Å². The second-order valence-electron chi connectivity index (χ2n) is 14.5. The van der Waals surface area contributed by atoms with E-state index in [1.165, 1.54) is 70.7 Å². The number of thioether (sulfide) groups is 2. The zero-order valence-electron chi connectivity index (χ0n) is 35.5. The van der Waals surface area contributed by atoms with Crippen LogP contribution in [0.2, 0.25) is 0 Å². The molecule has 4 unspecified atom stereocenters. The van der Waals surface area contributed by atoms with Gasteiger partial charge in [0.2, 0.25) is 23.5 Å². The number of hydrogen-bond acceptors (Lipinski definition) is 15. The summed E-state index contributed by atoms with van der Waals surface area (Å²) in [7, 11) is 0. The number of amides is 2. The fourth-order valence-corrected chi connectivity index (χ4v) is 9.16. The highest BCUT2D eigenvalue weighted by atomic mass is 32.2. The second-order valence-corrected chi connectivity index (χ2v) is 17.4. The summed E-state index contributed by atoms with van der Waals surface area (Å²) in [6, 6.07) is 13.5. The molecule has 0 aliphatic rings. The molecule has 0 saturated carbocycles. The summed E-state index contributed by atoms with van der Waals surface area (Å²) in [6.45, 7) is 3.05. The number of carbonyl (C=O) groups is 6. The lowest BCUT2D eigenvalue weighted by Crippen LogP contribution is -2.48. The highest BCUT2D eigenvalue weighted by Gasteiger charge is 2.32. The van der Waals surface area contributed by atoms with E-state index in [1.807, 2.05) is 60.7 Å². The Balaban J connectivity index is 1.41. The lowest BCUT2D eigenvalue weighted by molar-refractivity contribution is -0.140. The molecule has 0 bridgehead atoms. The van der Waals surface area contributed by atoms with E-state index in [0.717, 1.165) is 20.3 Å². The average Bonchev–Trinajstić information content (AvgIpc) is 3.81. The minimum absolute atomic E-state index is 0.0270. The van der Waals surface area contributed by atoms with Crippen LogP contribution in [0.5, 0.6) is 0 Å². The first-order chi connectivity index (χ1) is 31.3. The molecule has 21 heteroatoms. The highest BCUT2D eigenvalue weighted by molar-refractivity contribution is 7.99. The Labute approximate surface area is 385 Å². The van der Waals surface area contributed by atoms with Crippen LogP contribution in [0.25, 0.3) is 0 Å². The van der Waals surface area contributed by atoms with Crippen LogP contribution in [-0.2, 0) is 46.8 Å². The normalized spacial score (nSPS) is 12.9. The Morgan fingerprint density at radius 1 is 0.662 bits per heavy atom. The van der Waals surface area contributed by atoms with Crippen LogP contribution in [0, 0.1) is 0 Å². The number of rotatable bonds is 26. The molecule has 0 fully saturated rings. The molecule has 342 valence electrons. The largest absolute Gasteiger partial charge is 0.481 e. The molecule has 2 aromatic carbocycles. The SMILES string of the molecule is CCC(C(=O)NC(CC(=O)O)C(=O)CSCc1ccccc1)n1ccnc(N(Cc2nccs2)c2nccn(C(CC)C(=O)NC(CC(=O)O)C(=O)CSCc3ccccc3)c2=O)c1=O. The quantitative estimate of drug-likeness (QED) is 0.0599. The summed E-state index contributed by atoms with van der Waals surface area (Å²) < 4.78 is 2.14. The van der Waals surface area contributed by atoms with Crippen molar-refractivity contribution < 1.29 is 39.0 Å². The zero-order chi connectivity index (χ0) is 46.9. The van der Waals surface area contributed by atoms with Crippen molar-refractivity contribution in [3.8, 4) is 0 Å². The van der Waals surface area contributed by atoms with Crippen molar-refractivity contribution >= 4 is 81.8 Å². The van der Waals surface area contributed by atoms with Crippen molar-refractivity contribution in [1.29, 1.82) is 0 Å². The third-order valence-electron chi connectivity index (χ3n) is 9.92. The number of anilines is 2. The van der Waals surface area contributed by atoms with Gasteiger partial charge < -0.3 is 20.8 Å². The van der Waals surface area contributed by atoms with Gasteiger partial charge >= 0.3 is 11.9 Å². The molecular weight excluding hydrogens is 897 g/mol. The first-order valence-corrected chi connectivity index (χ1v) is 23.6. The molecule has 3 heterocycles. The molecule has 2 amide bonds. The van der Waals surface area contributed by atoms with Gasteiger partial charge in [0.25, 0.3) is 11.1 Å². The van der Waals surface area contributed by atoms with Gasteiger partial charge in [-0.2, -0.15) is 0 Å². The molecule has 0 radical (unpaired) electrons. The van der Waals surface area contributed by atoms with Gasteiger partial charge in [0.1, 0.15) is 17.1 Å². The predicted octanol–water partition coefficient (Wildman–Crippen LogP) is 4.42. The molecule has 5 rings (SSSR count). The number of ketones is 2. The van der Waals surface area contributed by atoms with Crippen LogP contribution in [0.15, 0.2) is 107 Å². The van der Waals surface area contributed by atoms with E-state index >= 15 is 0 Å². The fraction of sp³-hybridized carbons (Fsp3) is 0.341. The van der Waals surface area contributed by atoms with E-state index in [4.69, 9.17) is 0 Å². The minimum Gasteiger partial charge on any atom is -0.481 e. The number of aromatic nitrogens is 5. The smallest absolute Gasteiger partial charge is 0.305 e. The molecular formula is C44H48N8O10S3. The first kappa shape index (κ1) is 49.6.